The largest absolute Gasteiger partial charge is 0.399 e. The van der Waals surface area contributed by atoms with E-state index in [1.165, 1.54) is 12.8 Å². The Bertz CT molecular complexity index is 307. The van der Waals surface area contributed by atoms with E-state index in [9.17, 15) is 0 Å². The van der Waals surface area contributed by atoms with Crippen LogP contribution < -0.4 is 5.73 Å². The molecule has 1 aromatic rings. The second-order valence-electron chi connectivity index (χ2n) is 3.45. The standard InChI is InChI=1S/C11H17N3/c1-2-3-4-5-9-8-10(14-13)6-7-11(9)12/h6-8,13H,2-5,12H2,1H3. The van der Waals surface area contributed by atoms with Gasteiger partial charge in [0.1, 0.15) is 0 Å². The van der Waals surface area contributed by atoms with Crippen LogP contribution in [0.2, 0.25) is 0 Å². The summed E-state index contributed by atoms with van der Waals surface area (Å²) in [5, 5.41) is 3.40. The van der Waals surface area contributed by atoms with Gasteiger partial charge in [-0.05, 0) is 36.6 Å². The molecule has 0 aromatic heterocycles. The number of nitrogens with one attached hydrogen (secondary N) is 1. The monoisotopic (exact) mass is 191 g/mol. The molecule has 0 aliphatic carbocycles. The van der Waals surface area contributed by atoms with Gasteiger partial charge in [0.05, 0.1) is 5.69 Å². The fraction of sp³-hybridized carbons (Fsp3) is 0.455. The van der Waals surface area contributed by atoms with E-state index in [0.717, 1.165) is 24.1 Å². The van der Waals surface area contributed by atoms with E-state index in [4.69, 9.17) is 11.3 Å². The quantitative estimate of drug-likeness (QED) is 0.416. The van der Waals surface area contributed by atoms with Crippen molar-refractivity contribution >= 4 is 11.4 Å². The number of unbranched alkanes of at least 4 members (excludes halogenated alkanes) is 2. The minimum Gasteiger partial charge on any atom is -0.399 e. The summed E-state index contributed by atoms with van der Waals surface area (Å²) in [6.45, 7) is 2.18. The van der Waals surface area contributed by atoms with Gasteiger partial charge in [0.15, 0.2) is 0 Å². The van der Waals surface area contributed by atoms with Crippen molar-refractivity contribution in [2.45, 2.75) is 32.6 Å². The second kappa shape index (κ2) is 5.37. The Morgan fingerprint density at radius 2 is 2.14 bits per heavy atom. The number of benzene rings is 1. The summed E-state index contributed by atoms with van der Waals surface area (Å²) in [5.41, 5.74) is 15.3. The molecule has 0 spiro atoms. The van der Waals surface area contributed by atoms with Gasteiger partial charge in [0.2, 0.25) is 0 Å². The number of hydrogen-bond acceptors (Lipinski definition) is 3. The fourth-order valence-corrected chi connectivity index (χ4v) is 1.44. The molecular weight excluding hydrogens is 174 g/mol. The lowest BCUT2D eigenvalue weighted by molar-refractivity contribution is 0.718. The molecule has 0 radical (unpaired) electrons. The van der Waals surface area contributed by atoms with Crippen molar-refractivity contribution in [3.63, 3.8) is 0 Å². The normalized spacial score (nSPS) is 10.1. The maximum absolute atomic E-state index is 6.91. The number of nitrogen functional groups attached to an aromatic ring is 1. The topological polar surface area (TPSA) is 62.2 Å². The molecule has 0 fully saturated rings. The lowest BCUT2D eigenvalue weighted by Crippen LogP contribution is -1.94. The molecular formula is C11H17N3. The lowest BCUT2D eigenvalue weighted by Gasteiger charge is -2.05. The van der Waals surface area contributed by atoms with Crippen LogP contribution in [0.1, 0.15) is 31.7 Å². The molecule has 0 amide bonds. The first-order valence-corrected chi connectivity index (χ1v) is 5.03. The van der Waals surface area contributed by atoms with Crippen LogP contribution in [0.5, 0.6) is 0 Å². The van der Waals surface area contributed by atoms with Crippen LogP contribution in [-0.4, -0.2) is 0 Å². The van der Waals surface area contributed by atoms with Gasteiger partial charge >= 0.3 is 0 Å². The van der Waals surface area contributed by atoms with Crippen molar-refractivity contribution < 1.29 is 0 Å². The lowest BCUT2D eigenvalue weighted by atomic mass is 10.0. The van der Waals surface area contributed by atoms with Gasteiger partial charge in [-0.3, -0.25) is 0 Å². The molecule has 3 nitrogen and oxygen atoms in total. The van der Waals surface area contributed by atoms with E-state index < -0.39 is 0 Å². The molecule has 0 saturated heterocycles. The van der Waals surface area contributed by atoms with Crippen LogP contribution in [0.25, 0.3) is 0 Å². The number of anilines is 1. The Kier molecular flexibility index (Phi) is 4.11. The summed E-state index contributed by atoms with van der Waals surface area (Å²) in [5.74, 6) is 0. The molecule has 76 valence electrons. The van der Waals surface area contributed by atoms with E-state index in [1.54, 1.807) is 6.07 Å². The van der Waals surface area contributed by atoms with Gasteiger partial charge in [-0.15, -0.1) is 0 Å². The van der Waals surface area contributed by atoms with Crippen molar-refractivity contribution in [3.05, 3.63) is 23.8 Å². The first-order valence-electron chi connectivity index (χ1n) is 5.03. The molecule has 14 heavy (non-hydrogen) atoms. The summed E-state index contributed by atoms with van der Waals surface area (Å²) in [6.07, 6.45) is 4.58. The Hall–Kier alpha value is -1.38. The summed E-state index contributed by atoms with van der Waals surface area (Å²) in [6, 6.07) is 5.50. The summed E-state index contributed by atoms with van der Waals surface area (Å²) in [4.78, 5) is 0. The highest BCUT2D eigenvalue weighted by Gasteiger charge is 2.00. The summed E-state index contributed by atoms with van der Waals surface area (Å²) in [7, 11) is 0. The van der Waals surface area contributed by atoms with Crippen molar-refractivity contribution in [3.8, 4) is 0 Å². The van der Waals surface area contributed by atoms with Crippen LogP contribution in [0.3, 0.4) is 0 Å². The first kappa shape index (κ1) is 10.7. The Labute approximate surface area is 84.8 Å². The average molecular weight is 191 g/mol. The predicted molar refractivity (Wildman–Crippen MR) is 58.9 cm³/mol. The third-order valence-corrected chi connectivity index (χ3v) is 2.31. The molecule has 3 heteroatoms. The Morgan fingerprint density at radius 3 is 2.79 bits per heavy atom. The Morgan fingerprint density at radius 1 is 1.36 bits per heavy atom. The third kappa shape index (κ3) is 2.83. The van der Waals surface area contributed by atoms with E-state index in [2.05, 4.69) is 12.0 Å². The minimum atomic E-state index is 0.686. The van der Waals surface area contributed by atoms with Gasteiger partial charge in [0, 0.05) is 5.69 Å². The highest BCUT2D eigenvalue weighted by Crippen LogP contribution is 2.21. The van der Waals surface area contributed by atoms with Crippen LogP contribution in [-0.2, 0) is 6.42 Å². The number of nitrogens with zero attached hydrogens (tertiary/aromatic N) is 1. The van der Waals surface area contributed by atoms with Gasteiger partial charge in [0.25, 0.3) is 0 Å². The molecule has 0 aliphatic heterocycles. The van der Waals surface area contributed by atoms with E-state index >= 15 is 0 Å². The van der Waals surface area contributed by atoms with E-state index in [1.807, 2.05) is 12.1 Å². The fourth-order valence-electron chi connectivity index (χ4n) is 1.44. The summed E-state index contributed by atoms with van der Waals surface area (Å²) < 4.78 is 0. The zero-order chi connectivity index (χ0) is 10.4. The minimum absolute atomic E-state index is 0.686. The van der Waals surface area contributed by atoms with Gasteiger partial charge < -0.3 is 5.73 Å². The highest BCUT2D eigenvalue weighted by atomic mass is 15.0. The second-order valence-corrected chi connectivity index (χ2v) is 3.45. The van der Waals surface area contributed by atoms with Crippen LogP contribution in [0, 0.1) is 5.53 Å². The molecule has 3 N–H and O–H groups in total. The van der Waals surface area contributed by atoms with Crippen molar-refractivity contribution in [1.29, 1.82) is 5.53 Å². The van der Waals surface area contributed by atoms with Crippen LogP contribution in [0.4, 0.5) is 11.4 Å². The molecule has 0 bridgehead atoms. The third-order valence-electron chi connectivity index (χ3n) is 2.31. The van der Waals surface area contributed by atoms with Crippen molar-refractivity contribution in [1.82, 2.24) is 0 Å². The molecule has 0 saturated carbocycles. The SMILES string of the molecule is CCCCCc1cc(N=N)ccc1N. The van der Waals surface area contributed by atoms with Gasteiger partial charge in [-0.25, -0.2) is 5.53 Å². The van der Waals surface area contributed by atoms with Crippen molar-refractivity contribution in [2.24, 2.45) is 5.11 Å². The smallest absolute Gasteiger partial charge is 0.0854 e. The molecule has 0 atom stereocenters. The highest BCUT2D eigenvalue weighted by molar-refractivity contribution is 5.54. The molecule has 0 aliphatic rings. The average Bonchev–Trinajstić information content (AvgIpc) is 2.21. The molecule has 1 aromatic carbocycles. The van der Waals surface area contributed by atoms with Crippen molar-refractivity contribution in [2.75, 3.05) is 5.73 Å². The maximum Gasteiger partial charge on any atom is 0.0854 e. The van der Waals surface area contributed by atoms with Gasteiger partial charge in [-0.2, -0.15) is 5.11 Å². The molecule has 0 heterocycles. The van der Waals surface area contributed by atoms with E-state index in [0.29, 0.717) is 5.69 Å². The zero-order valence-corrected chi connectivity index (χ0v) is 8.59. The zero-order valence-electron chi connectivity index (χ0n) is 8.59. The predicted octanol–water partition coefficient (Wildman–Crippen LogP) is 3.66. The Balaban J connectivity index is 2.68. The number of aryl methyl sites for hydroxylation is 1. The van der Waals surface area contributed by atoms with Gasteiger partial charge in [-0.1, -0.05) is 19.8 Å². The number of nitrogens with two attached hydrogens (primary N) is 1. The number of rotatable bonds is 5. The van der Waals surface area contributed by atoms with E-state index in [-0.39, 0.29) is 0 Å². The number of hydrogen-bond donors (Lipinski definition) is 2. The first-order chi connectivity index (χ1) is 6.77. The summed E-state index contributed by atoms with van der Waals surface area (Å²) >= 11 is 0. The maximum atomic E-state index is 6.91. The van der Waals surface area contributed by atoms with Crippen LogP contribution in [0.15, 0.2) is 23.3 Å². The molecule has 1 rings (SSSR count). The molecule has 0 unspecified atom stereocenters. The van der Waals surface area contributed by atoms with Crippen LogP contribution >= 0.6 is 0 Å².